The molecular weight excluding hydrogens is 239 g/mol. The molecule has 8 heteroatoms. The number of halogens is 3. The van der Waals surface area contributed by atoms with E-state index in [1.807, 2.05) is 0 Å². The summed E-state index contributed by atoms with van der Waals surface area (Å²) in [7, 11) is 3.21. The number of hydrogen-bond acceptors (Lipinski definition) is 4. The molecule has 0 spiro atoms. The molecule has 0 aromatic carbocycles. The van der Waals surface area contributed by atoms with E-state index in [9.17, 15) is 13.2 Å². The lowest BCUT2D eigenvalue weighted by Crippen LogP contribution is -2.20. The van der Waals surface area contributed by atoms with E-state index in [1.54, 1.807) is 13.1 Å². The summed E-state index contributed by atoms with van der Waals surface area (Å²) in [5.41, 5.74) is 0. The van der Waals surface area contributed by atoms with Gasteiger partial charge in [0.15, 0.2) is 5.82 Å². The van der Waals surface area contributed by atoms with Gasteiger partial charge in [0.05, 0.1) is 13.7 Å². The van der Waals surface area contributed by atoms with Crippen molar-refractivity contribution in [3.8, 4) is 5.88 Å². The van der Waals surface area contributed by atoms with Gasteiger partial charge in [0, 0.05) is 19.7 Å². The standard InChI is InChI=1S/C9H14F3N3O2/c1-15-8(16-2)5-7(14-15)13-3-4-17-6-9(10,11)12/h5H,3-4,6H2,1-2H3,(H,13,14). The Balaban J connectivity index is 2.22. The number of aromatic nitrogens is 2. The van der Waals surface area contributed by atoms with Gasteiger partial charge in [-0.3, -0.25) is 0 Å². The molecule has 0 radical (unpaired) electrons. The first-order valence-electron chi connectivity index (χ1n) is 4.89. The van der Waals surface area contributed by atoms with E-state index < -0.39 is 12.8 Å². The molecule has 5 nitrogen and oxygen atoms in total. The van der Waals surface area contributed by atoms with Crippen molar-refractivity contribution in [2.75, 3.05) is 32.2 Å². The minimum absolute atomic E-state index is 0.0433. The van der Waals surface area contributed by atoms with Crippen LogP contribution in [-0.4, -0.2) is 42.8 Å². The van der Waals surface area contributed by atoms with E-state index in [0.717, 1.165) is 0 Å². The summed E-state index contributed by atoms with van der Waals surface area (Å²) in [5.74, 6) is 1.09. The van der Waals surface area contributed by atoms with E-state index in [0.29, 0.717) is 11.7 Å². The maximum Gasteiger partial charge on any atom is 0.411 e. The van der Waals surface area contributed by atoms with Gasteiger partial charge in [0.25, 0.3) is 0 Å². The first kappa shape index (κ1) is 13.6. The second-order valence-corrected chi connectivity index (χ2v) is 3.29. The van der Waals surface area contributed by atoms with E-state index in [-0.39, 0.29) is 13.2 Å². The van der Waals surface area contributed by atoms with Gasteiger partial charge in [-0.25, -0.2) is 4.68 Å². The van der Waals surface area contributed by atoms with Gasteiger partial charge >= 0.3 is 6.18 Å². The van der Waals surface area contributed by atoms with Crippen molar-refractivity contribution in [3.05, 3.63) is 6.07 Å². The van der Waals surface area contributed by atoms with Crippen molar-refractivity contribution in [3.63, 3.8) is 0 Å². The molecule has 0 atom stereocenters. The van der Waals surface area contributed by atoms with Gasteiger partial charge in [-0.05, 0) is 0 Å². The van der Waals surface area contributed by atoms with Gasteiger partial charge in [0.2, 0.25) is 5.88 Å². The zero-order chi connectivity index (χ0) is 12.9. The second-order valence-electron chi connectivity index (χ2n) is 3.29. The zero-order valence-corrected chi connectivity index (χ0v) is 9.54. The Hall–Kier alpha value is -1.44. The van der Waals surface area contributed by atoms with Gasteiger partial charge in [-0.2, -0.15) is 18.3 Å². The molecule has 1 heterocycles. The number of nitrogens with zero attached hydrogens (tertiary/aromatic N) is 2. The monoisotopic (exact) mass is 253 g/mol. The number of methoxy groups -OCH3 is 1. The second kappa shape index (κ2) is 5.76. The van der Waals surface area contributed by atoms with E-state index in [4.69, 9.17) is 4.74 Å². The smallest absolute Gasteiger partial charge is 0.411 e. The Labute approximate surface area is 96.5 Å². The van der Waals surface area contributed by atoms with Crippen molar-refractivity contribution < 1.29 is 22.6 Å². The summed E-state index contributed by atoms with van der Waals surface area (Å²) in [6.45, 7) is -1.03. The molecule has 0 fully saturated rings. The molecule has 0 amide bonds. The van der Waals surface area contributed by atoms with Crippen LogP contribution in [0.1, 0.15) is 0 Å². The average molecular weight is 253 g/mol. The Morgan fingerprint density at radius 3 is 2.71 bits per heavy atom. The van der Waals surface area contributed by atoms with Crippen LogP contribution in [0.25, 0.3) is 0 Å². The van der Waals surface area contributed by atoms with Crippen molar-refractivity contribution in [2.45, 2.75) is 6.18 Å². The summed E-state index contributed by atoms with van der Waals surface area (Å²) in [6, 6.07) is 1.64. The van der Waals surface area contributed by atoms with Gasteiger partial charge in [0.1, 0.15) is 6.61 Å². The van der Waals surface area contributed by atoms with Crippen LogP contribution in [0.15, 0.2) is 6.07 Å². The number of ether oxygens (including phenoxy) is 2. The van der Waals surface area contributed by atoms with E-state index in [1.165, 1.54) is 11.8 Å². The molecule has 0 aliphatic heterocycles. The molecule has 1 N–H and O–H groups in total. The minimum Gasteiger partial charge on any atom is -0.481 e. The highest BCUT2D eigenvalue weighted by molar-refractivity contribution is 5.38. The molecule has 0 bridgehead atoms. The first-order chi connectivity index (χ1) is 7.92. The summed E-state index contributed by atoms with van der Waals surface area (Å²) in [4.78, 5) is 0. The summed E-state index contributed by atoms with van der Waals surface area (Å²) in [5, 5.41) is 6.85. The molecule has 0 aliphatic rings. The van der Waals surface area contributed by atoms with Crippen LogP contribution >= 0.6 is 0 Å². The Bertz CT molecular complexity index is 352. The molecular formula is C9H14F3N3O2. The predicted octanol–water partition coefficient (Wildman–Crippen LogP) is 1.42. The normalized spacial score (nSPS) is 11.6. The SMILES string of the molecule is COc1cc(NCCOCC(F)(F)F)nn1C. The van der Waals surface area contributed by atoms with Crippen LogP contribution in [-0.2, 0) is 11.8 Å². The summed E-state index contributed by atoms with van der Waals surface area (Å²) in [6.07, 6.45) is -4.28. The van der Waals surface area contributed by atoms with E-state index in [2.05, 4.69) is 15.2 Å². The fourth-order valence-corrected chi connectivity index (χ4v) is 1.17. The van der Waals surface area contributed by atoms with Crippen molar-refractivity contribution in [2.24, 2.45) is 7.05 Å². The predicted molar refractivity (Wildman–Crippen MR) is 55.1 cm³/mol. The van der Waals surface area contributed by atoms with Crippen LogP contribution in [0.5, 0.6) is 5.88 Å². The largest absolute Gasteiger partial charge is 0.481 e. The topological polar surface area (TPSA) is 48.3 Å². The molecule has 98 valence electrons. The molecule has 0 saturated carbocycles. The molecule has 1 aromatic heterocycles. The first-order valence-corrected chi connectivity index (χ1v) is 4.89. The van der Waals surface area contributed by atoms with Crippen LogP contribution in [0.4, 0.5) is 19.0 Å². The van der Waals surface area contributed by atoms with Crippen LogP contribution < -0.4 is 10.1 Å². The quantitative estimate of drug-likeness (QED) is 0.779. The Kier molecular flexibility index (Phi) is 4.62. The number of alkyl halides is 3. The number of anilines is 1. The van der Waals surface area contributed by atoms with Gasteiger partial charge < -0.3 is 14.8 Å². The lowest BCUT2D eigenvalue weighted by atomic mass is 10.5. The lowest BCUT2D eigenvalue weighted by Gasteiger charge is -2.07. The lowest BCUT2D eigenvalue weighted by molar-refractivity contribution is -0.172. The summed E-state index contributed by atoms with van der Waals surface area (Å²) < 4.78 is 46.1. The number of rotatable bonds is 6. The molecule has 1 rings (SSSR count). The minimum atomic E-state index is -4.28. The number of hydrogen-bond donors (Lipinski definition) is 1. The number of nitrogens with one attached hydrogen (secondary N) is 1. The fraction of sp³-hybridized carbons (Fsp3) is 0.667. The maximum atomic E-state index is 11.7. The molecule has 0 saturated heterocycles. The number of aryl methyl sites for hydroxylation is 1. The van der Waals surface area contributed by atoms with Crippen LogP contribution in [0, 0.1) is 0 Å². The molecule has 17 heavy (non-hydrogen) atoms. The van der Waals surface area contributed by atoms with Crippen LogP contribution in [0.3, 0.4) is 0 Å². The van der Waals surface area contributed by atoms with Crippen molar-refractivity contribution in [1.82, 2.24) is 9.78 Å². The molecule has 0 aliphatic carbocycles. The van der Waals surface area contributed by atoms with E-state index >= 15 is 0 Å². The Morgan fingerprint density at radius 2 is 2.18 bits per heavy atom. The van der Waals surface area contributed by atoms with Gasteiger partial charge in [-0.15, -0.1) is 0 Å². The third-order valence-electron chi connectivity index (χ3n) is 1.86. The fourth-order valence-electron chi connectivity index (χ4n) is 1.17. The Morgan fingerprint density at radius 1 is 1.47 bits per heavy atom. The molecule has 1 aromatic rings. The highest BCUT2D eigenvalue weighted by Gasteiger charge is 2.27. The van der Waals surface area contributed by atoms with Crippen molar-refractivity contribution >= 4 is 5.82 Å². The molecule has 0 unspecified atom stereocenters. The highest BCUT2D eigenvalue weighted by atomic mass is 19.4. The average Bonchev–Trinajstić information content (AvgIpc) is 2.57. The third-order valence-corrected chi connectivity index (χ3v) is 1.86. The van der Waals surface area contributed by atoms with Crippen LogP contribution in [0.2, 0.25) is 0 Å². The highest BCUT2D eigenvalue weighted by Crippen LogP contribution is 2.15. The maximum absolute atomic E-state index is 11.7. The summed E-state index contributed by atoms with van der Waals surface area (Å²) >= 11 is 0. The zero-order valence-electron chi connectivity index (χ0n) is 9.54. The van der Waals surface area contributed by atoms with Gasteiger partial charge in [-0.1, -0.05) is 0 Å². The van der Waals surface area contributed by atoms with Crippen molar-refractivity contribution in [1.29, 1.82) is 0 Å². The third kappa shape index (κ3) is 4.94.